The molecule has 2 fully saturated rings. The van der Waals surface area contributed by atoms with E-state index in [1.165, 1.54) is 24.3 Å². The first kappa shape index (κ1) is 31.3. The van der Waals surface area contributed by atoms with E-state index in [9.17, 15) is 31.2 Å². The van der Waals surface area contributed by atoms with E-state index in [2.05, 4.69) is 17.0 Å². The van der Waals surface area contributed by atoms with Crippen LogP contribution >= 0.6 is 11.6 Å². The van der Waals surface area contributed by atoms with Gasteiger partial charge in [-0.15, -0.1) is 0 Å². The number of rotatable bonds is 12. The Morgan fingerprint density at radius 1 is 1.12 bits per heavy atom. The third-order valence-corrected chi connectivity index (χ3v) is 9.93. The van der Waals surface area contributed by atoms with Gasteiger partial charge in [0.25, 0.3) is 0 Å². The van der Waals surface area contributed by atoms with Crippen LogP contribution in [0.15, 0.2) is 51.7 Å². The van der Waals surface area contributed by atoms with Crippen molar-refractivity contribution in [2.45, 2.75) is 75.4 Å². The molecule has 2 aliphatic rings. The van der Waals surface area contributed by atoms with Crippen LogP contribution in [-0.2, 0) is 21.0 Å². The molecule has 1 amide bonds. The number of alkyl halides is 3. The standard InChI is InChI=1S/C30H32ClF3N2O6S/c1-2-3-4-5-13-35-29(16-18(17-29)28(38)36-43(39,40)20-10-11-20)42-26-14-19(30(32,33)34)9-12-22(26)25-15-24(37)21-7-6-8-23(31)27(21)41-25/h6-9,12,14-15,18,20,35H,2-5,10-11,13,16-17H2,1H3,(H,36,38). The summed E-state index contributed by atoms with van der Waals surface area (Å²) in [6.45, 7) is 2.53. The number of amides is 1. The molecule has 3 aromatic rings. The van der Waals surface area contributed by atoms with Gasteiger partial charge in [0.05, 0.1) is 26.8 Å². The van der Waals surface area contributed by atoms with Crippen LogP contribution < -0.4 is 20.2 Å². The van der Waals surface area contributed by atoms with Crippen LogP contribution in [0.5, 0.6) is 5.75 Å². The van der Waals surface area contributed by atoms with Gasteiger partial charge >= 0.3 is 6.18 Å². The van der Waals surface area contributed by atoms with E-state index in [0.717, 1.165) is 37.8 Å². The van der Waals surface area contributed by atoms with Gasteiger partial charge in [0.1, 0.15) is 11.5 Å². The second-order valence-corrected chi connectivity index (χ2v) is 13.6. The van der Waals surface area contributed by atoms with Gasteiger partial charge in [-0.25, -0.2) is 8.42 Å². The maximum atomic E-state index is 13.8. The first-order valence-corrected chi connectivity index (χ1v) is 16.2. The largest absolute Gasteiger partial charge is 0.472 e. The molecule has 0 atom stereocenters. The minimum absolute atomic E-state index is 0.0238. The topological polar surface area (TPSA) is 115 Å². The van der Waals surface area contributed by atoms with Crippen molar-refractivity contribution in [1.29, 1.82) is 0 Å². The second-order valence-electron chi connectivity index (χ2n) is 11.2. The summed E-state index contributed by atoms with van der Waals surface area (Å²) >= 11 is 6.26. The zero-order valence-corrected chi connectivity index (χ0v) is 25.0. The summed E-state index contributed by atoms with van der Waals surface area (Å²) in [5, 5.41) is 3.06. The molecule has 2 aliphatic carbocycles. The van der Waals surface area contributed by atoms with Gasteiger partial charge < -0.3 is 9.15 Å². The number of unbranched alkanes of at least 4 members (excludes halogenated alkanes) is 3. The smallest absolute Gasteiger partial charge is 0.416 e. The molecule has 0 unspecified atom stereocenters. The Bertz CT molecular complexity index is 1680. The molecule has 13 heteroatoms. The Kier molecular flexibility index (Phi) is 8.84. The van der Waals surface area contributed by atoms with Crippen molar-refractivity contribution < 1.29 is 35.5 Å². The average molecular weight is 641 g/mol. The maximum absolute atomic E-state index is 13.8. The van der Waals surface area contributed by atoms with Crippen LogP contribution in [0.4, 0.5) is 13.2 Å². The highest BCUT2D eigenvalue weighted by molar-refractivity contribution is 7.90. The number of benzene rings is 2. The molecule has 0 saturated heterocycles. The Morgan fingerprint density at radius 2 is 1.86 bits per heavy atom. The Morgan fingerprint density at radius 3 is 2.53 bits per heavy atom. The maximum Gasteiger partial charge on any atom is 0.416 e. The van der Waals surface area contributed by atoms with Crippen molar-refractivity contribution in [1.82, 2.24) is 10.0 Å². The lowest BCUT2D eigenvalue weighted by Gasteiger charge is -2.47. The third kappa shape index (κ3) is 7.02. The molecule has 232 valence electrons. The summed E-state index contributed by atoms with van der Waals surface area (Å²) in [5.74, 6) is -1.66. The zero-order chi connectivity index (χ0) is 31.0. The fraction of sp³-hybridized carbons (Fsp3) is 0.467. The fourth-order valence-corrected chi connectivity index (χ4v) is 6.79. The van der Waals surface area contributed by atoms with Gasteiger partial charge in [0, 0.05) is 24.8 Å². The molecule has 2 saturated carbocycles. The monoisotopic (exact) mass is 640 g/mol. The van der Waals surface area contributed by atoms with Crippen LogP contribution in [0, 0.1) is 5.92 Å². The van der Waals surface area contributed by atoms with Crippen molar-refractivity contribution in [2.75, 3.05) is 6.54 Å². The van der Waals surface area contributed by atoms with Crippen molar-refractivity contribution >= 4 is 38.5 Å². The van der Waals surface area contributed by atoms with E-state index in [4.69, 9.17) is 20.8 Å². The molecule has 1 heterocycles. The summed E-state index contributed by atoms with van der Waals surface area (Å²) in [5.41, 5.74) is -2.51. The first-order chi connectivity index (χ1) is 20.3. The van der Waals surface area contributed by atoms with E-state index >= 15 is 0 Å². The molecule has 1 aromatic heterocycles. The van der Waals surface area contributed by atoms with E-state index < -0.39 is 50.0 Å². The Labute approximate surface area is 252 Å². The Balaban J connectivity index is 1.48. The van der Waals surface area contributed by atoms with Gasteiger partial charge in [0.15, 0.2) is 16.7 Å². The van der Waals surface area contributed by atoms with Crippen LogP contribution in [0.25, 0.3) is 22.3 Å². The van der Waals surface area contributed by atoms with E-state index in [1.54, 1.807) is 6.07 Å². The summed E-state index contributed by atoms with van der Waals surface area (Å²) in [6.07, 6.45) is 0.0351. The van der Waals surface area contributed by atoms with Crippen molar-refractivity contribution in [2.24, 2.45) is 5.92 Å². The van der Waals surface area contributed by atoms with Crippen molar-refractivity contribution in [3.05, 3.63) is 63.3 Å². The van der Waals surface area contributed by atoms with Crippen LogP contribution in [0.2, 0.25) is 5.02 Å². The SMILES string of the molecule is CCCCCCNC1(Oc2cc(C(F)(F)F)ccc2-c2cc(=O)c3cccc(Cl)c3o2)CC(C(=O)NS(=O)(=O)C2CC2)C1. The third-order valence-electron chi connectivity index (χ3n) is 7.79. The minimum atomic E-state index is -4.69. The molecular weight excluding hydrogens is 609 g/mol. The molecule has 2 aromatic carbocycles. The predicted molar refractivity (Wildman–Crippen MR) is 156 cm³/mol. The fourth-order valence-electron chi connectivity index (χ4n) is 5.21. The molecule has 0 aliphatic heterocycles. The highest BCUT2D eigenvalue weighted by atomic mass is 35.5. The van der Waals surface area contributed by atoms with Gasteiger partial charge in [-0.05, 0) is 56.1 Å². The number of halogens is 4. The molecule has 5 rings (SSSR count). The molecule has 2 N–H and O–H groups in total. The summed E-state index contributed by atoms with van der Waals surface area (Å²) in [4.78, 5) is 25.7. The van der Waals surface area contributed by atoms with E-state index in [0.29, 0.717) is 19.4 Å². The molecule has 0 spiro atoms. The summed E-state index contributed by atoms with van der Waals surface area (Å²) in [6, 6.07) is 8.67. The van der Waals surface area contributed by atoms with E-state index in [-0.39, 0.29) is 45.9 Å². The number of nitrogens with one attached hydrogen (secondary N) is 2. The lowest BCUT2D eigenvalue weighted by molar-refractivity contribution is -0.140. The van der Waals surface area contributed by atoms with Crippen molar-refractivity contribution in [3.63, 3.8) is 0 Å². The highest BCUT2D eigenvalue weighted by Gasteiger charge is 2.51. The number of ether oxygens (including phenoxy) is 1. The number of sulfonamides is 1. The van der Waals surface area contributed by atoms with Gasteiger partial charge in [-0.3, -0.25) is 19.6 Å². The molecule has 0 radical (unpaired) electrons. The number of hydrogen-bond acceptors (Lipinski definition) is 7. The van der Waals surface area contributed by atoms with Crippen LogP contribution in [0.1, 0.15) is 63.9 Å². The first-order valence-electron chi connectivity index (χ1n) is 14.3. The average Bonchev–Trinajstić information content (AvgIpc) is 3.77. The van der Waals surface area contributed by atoms with Gasteiger partial charge in [-0.2, -0.15) is 13.2 Å². The predicted octanol–water partition coefficient (Wildman–Crippen LogP) is 6.40. The van der Waals surface area contributed by atoms with Crippen LogP contribution in [0.3, 0.4) is 0 Å². The number of fused-ring (bicyclic) bond motifs is 1. The lowest BCUT2D eigenvalue weighted by Crippen LogP contribution is -2.62. The second kappa shape index (κ2) is 12.1. The summed E-state index contributed by atoms with van der Waals surface area (Å²) < 4.78 is 80.4. The van der Waals surface area contributed by atoms with E-state index in [1.807, 2.05) is 0 Å². The molecule has 8 nitrogen and oxygen atoms in total. The molecule has 43 heavy (non-hydrogen) atoms. The van der Waals surface area contributed by atoms with Crippen LogP contribution in [-0.4, -0.2) is 31.8 Å². The van der Waals surface area contributed by atoms with Gasteiger partial charge in [0.2, 0.25) is 15.9 Å². The highest BCUT2D eigenvalue weighted by Crippen LogP contribution is 2.45. The summed E-state index contributed by atoms with van der Waals surface area (Å²) in [7, 11) is -3.76. The Hall–Kier alpha value is -3.09. The quantitative estimate of drug-likeness (QED) is 0.174. The number of carbonyl (C=O) groups excluding carboxylic acids is 1. The number of hydrogen-bond donors (Lipinski definition) is 2. The normalized spacial score (nSPS) is 20.5. The number of carbonyl (C=O) groups is 1. The molecular formula is C30H32ClF3N2O6S. The molecule has 0 bridgehead atoms. The minimum Gasteiger partial charge on any atom is -0.472 e. The zero-order valence-electron chi connectivity index (χ0n) is 23.4. The lowest BCUT2D eigenvalue weighted by atomic mass is 9.75. The van der Waals surface area contributed by atoms with Crippen molar-refractivity contribution in [3.8, 4) is 17.1 Å². The number of para-hydroxylation sites is 1. The van der Waals surface area contributed by atoms with Gasteiger partial charge in [-0.1, -0.05) is 43.9 Å².